The number of aliphatic carboxylic acids is 1. The first kappa shape index (κ1) is 15.3. The van der Waals surface area contributed by atoms with Crippen molar-refractivity contribution in [2.45, 2.75) is 6.42 Å². The molecule has 1 aromatic rings. The Bertz CT molecular complexity index is 545. The van der Waals surface area contributed by atoms with Gasteiger partial charge in [-0.3, -0.25) is 14.5 Å². The van der Waals surface area contributed by atoms with Crippen molar-refractivity contribution in [1.82, 2.24) is 14.8 Å². The van der Waals surface area contributed by atoms with E-state index >= 15 is 0 Å². The molecule has 1 aliphatic rings. The Labute approximate surface area is 120 Å². The molecule has 1 amide bonds. The number of carboxylic acids is 1. The van der Waals surface area contributed by atoms with Gasteiger partial charge < -0.3 is 10.0 Å². The van der Waals surface area contributed by atoms with Crippen LogP contribution in [0.3, 0.4) is 0 Å². The van der Waals surface area contributed by atoms with Crippen LogP contribution in [0.15, 0.2) is 12.3 Å². The molecule has 1 fully saturated rings. The standard InChI is InChI=1S/C13H15F2N3O3/c14-11-9(1-3-16-12(11)15)13(21)18-7-5-17(6-8-18)4-2-10(19)20/h1,3H,2,4-8H2,(H,19,20). The molecule has 1 aliphatic heterocycles. The van der Waals surface area contributed by atoms with Crippen molar-refractivity contribution in [1.29, 1.82) is 0 Å². The van der Waals surface area contributed by atoms with Gasteiger partial charge in [-0.15, -0.1) is 0 Å². The van der Waals surface area contributed by atoms with E-state index in [1.54, 1.807) is 0 Å². The molecular weight excluding hydrogens is 284 g/mol. The van der Waals surface area contributed by atoms with Crippen LogP contribution in [-0.2, 0) is 4.79 Å². The van der Waals surface area contributed by atoms with Gasteiger partial charge >= 0.3 is 5.97 Å². The second-order valence-electron chi connectivity index (χ2n) is 4.74. The van der Waals surface area contributed by atoms with Crippen LogP contribution in [-0.4, -0.2) is 64.5 Å². The molecule has 1 saturated heterocycles. The number of carbonyl (C=O) groups is 2. The Hall–Kier alpha value is -2.09. The summed E-state index contributed by atoms with van der Waals surface area (Å²) in [6.45, 7) is 2.13. The molecule has 0 atom stereocenters. The third kappa shape index (κ3) is 3.72. The molecule has 6 nitrogen and oxygen atoms in total. The van der Waals surface area contributed by atoms with E-state index in [1.807, 2.05) is 4.90 Å². The van der Waals surface area contributed by atoms with Crippen LogP contribution in [0.4, 0.5) is 8.78 Å². The second-order valence-corrected chi connectivity index (χ2v) is 4.74. The van der Waals surface area contributed by atoms with Gasteiger partial charge in [0.1, 0.15) is 0 Å². The molecule has 1 N–H and O–H groups in total. The highest BCUT2D eigenvalue weighted by molar-refractivity contribution is 5.94. The van der Waals surface area contributed by atoms with E-state index < -0.39 is 23.6 Å². The number of rotatable bonds is 4. The zero-order valence-electron chi connectivity index (χ0n) is 11.3. The van der Waals surface area contributed by atoms with Crippen LogP contribution >= 0.6 is 0 Å². The van der Waals surface area contributed by atoms with E-state index in [0.29, 0.717) is 32.7 Å². The molecule has 0 unspecified atom stereocenters. The van der Waals surface area contributed by atoms with Gasteiger partial charge in [0.15, 0.2) is 5.82 Å². The smallest absolute Gasteiger partial charge is 0.304 e. The zero-order valence-corrected chi connectivity index (χ0v) is 11.3. The maximum Gasteiger partial charge on any atom is 0.304 e. The molecule has 0 aliphatic carbocycles. The number of hydrogen-bond acceptors (Lipinski definition) is 4. The summed E-state index contributed by atoms with van der Waals surface area (Å²) >= 11 is 0. The lowest BCUT2D eigenvalue weighted by atomic mass is 10.2. The number of carbonyl (C=O) groups excluding carboxylic acids is 1. The van der Waals surface area contributed by atoms with Crippen molar-refractivity contribution < 1.29 is 23.5 Å². The number of carboxylic acid groups (broad SMARTS) is 1. The highest BCUT2D eigenvalue weighted by atomic mass is 19.2. The summed E-state index contributed by atoms with van der Waals surface area (Å²) in [4.78, 5) is 29.1. The first-order valence-corrected chi connectivity index (χ1v) is 6.52. The number of nitrogens with zero attached hydrogens (tertiary/aromatic N) is 3. The molecular formula is C13H15F2N3O3. The minimum atomic E-state index is -1.29. The molecule has 21 heavy (non-hydrogen) atoms. The van der Waals surface area contributed by atoms with Crippen LogP contribution in [0.1, 0.15) is 16.8 Å². The first-order chi connectivity index (χ1) is 9.99. The second kappa shape index (κ2) is 6.57. The molecule has 1 aromatic heterocycles. The Morgan fingerprint density at radius 2 is 1.90 bits per heavy atom. The van der Waals surface area contributed by atoms with Crippen LogP contribution in [0.2, 0.25) is 0 Å². The van der Waals surface area contributed by atoms with Crippen LogP contribution < -0.4 is 0 Å². The van der Waals surface area contributed by atoms with Crippen molar-refractivity contribution >= 4 is 11.9 Å². The fourth-order valence-electron chi connectivity index (χ4n) is 2.18. The number of piperazine rings is 1. The lowest BCUT2D eigenvalue weighted by Gasteiger charge is -2.34. The lowest BCUT2D eigenvalue weighted by Crippen LogP contribution is -2.49. The topological polar surface area (TPSA) is 73.7 Å². The van der Waals surface area contributed by atoms with Gasteiger partial charge in [0.2, 0.25) is 5.95 Å². The van der Waals surface area contributed by atoms with Crippen molar-refractivity contribution in [3.8, 4) is 0 Å². The summed E-state index contributed by atoms with van der Waals surface area (Å²) in [7, 11) is 0. The summed E-state index contributed by atoms with van der Waals surface area (Å²) in [5.74, 6) is -3.98. The Balaban J connectivity index is 1.94. The molecule has 0 saturated carbocycles. The third-order valence-electron chi connectivity index (χ3n) is 3.38. The Morgan fingerprint density at radius 1 is 1.24 bits per heavy atom. The monoisotopic (exact) mass is 299 g/mol. The number of aromatic nitrogens is 1. The number of pyridine rings is 1. The van der Waals surface area contributed by atoms with Crippen LogP contribution in [0.25, 0.3) is 0 Å². The largest absolute Gasteiger partial charge is 0.481 e. The van der Waals surface area contributed by atoms with Crippen LogP contribution in [0, 0.1) is 11.8 Å². The first-order valence-electron chi connectivity index (χ1n) is 6.52. The maximum atomic E-state index is 13.5. The maximum absolute atomic E-state index is 13.5. The average molecular weight is 299 g/mol. The van der Waals surface area contributed by atoms with Crippen molar-refractivity contribution in [2.75, 3.05) is 32.7 Å². The predicted molar refractivity (Wildman–Crippen MR) is 68.7 cm³/mol. The molecule has 8 heteroatoms. The van der Waals surface area contributed by atoms with Gasteiger partial charge in [-0.1, -0.05) is 0 Å². The highest BCUT2D eigenvalue weighted by Crippen LogP contribution is 2.13. The average Bonchev–Trinajstić information content (AvgIpc) is 2.48. The van der Waals surface area contributed by atoms with Gasteiger partial charge in [-0.05, 0) is 6.07 Å². The summed E-state index contributed by atoms with van der Waals surface area (Å²) in [5.41, 5.74) is -0.332. The molecule has 114 valence electrons. The molecule has 2 heterocycles. The molecule has 0 spiro atoms. The quantitative estimate of drug-likeness (QED) is 0.824. The van der Waals surface area contributed by atoms with Crippen molar-refractivity contribution in [2.24, 2.45) is 0 Å². The molecule has 0 bridgehead atoms. The van der Waals surface area contributed by atoms with E-state index in [4.69, 9.17) is 5.11 Å². The molecule has 2 rings (SSSR count). The van der Waals surface area contributed by atoms with Crippen molar-refractivity contribution in [3.63, 3.8) is 0 Å². The minimum Gasteiger partial charge on any atom is -0.481 e. The van der Waals surface area contributed by atoms with Crippen molar-refractivity contribution in [3.05, 3.63) is 29.6 Å². The van der Waals surface area contributed by atoms with E-state index in [9.17, 15) is 18.4 Å². The highest BCUT2D eigenvalue weighted by Gasteiger charge is 2.25. The molecule has 0 aromatic carbocycles. The molecule has 0 radical (unpaired) electrons. The van der Waals surface area contributed by atoms with Gasteiger partial charge in [-0.2, -0.15) is 4.39 Å². The van der Waals surface area contributed by atoms with Gasteiger partial charge in [0.05, 0.1) is 12.0 Å². The normalized spacial score (nSPS) is 16.0. The van der Waals surface area contributed by atoms with E-state index in [-0.39, 0.29) is 12.0 Å². The Morgan fingerprint density at radius 3 is 2.52 bits per heavy atom. The number of halogens is 2. The van der Waals surface area contributed by atoms with Crippen LogP contribution in [0.5, 0.6) is 0 Å². The third-order valence-corrected chi connectivity index (χ3v) is 3.38. The SMILES string of the molecule is O=C(O)CCN1CCN(C(=O)c2ccnc(F)c2F)CC1. The van der Waals surface area contributed by atoms with Gasteiger partial charge in [-0.25, -0.2) is 9.37 Å². The van der Waals surface area contributed by atoms with E-state index in [2.05, 4.69) is 4.98 Å². The summed E-state index contributed by atoms with van der Waals surface area (Å²) in [5, 5.41) is 8.62. The van der Waals surface area contributed by atoms with E-state index in [1.165, 1.54) is 4.90 Å². The fraction of sp³-hybridized carbons (Fsp3) is 0.462. The van der Waals surface area contributed by atoms with Gasteiger partial charge in [0, 0.05) is 38.9 Å². The number of hydrogen-bond donors (Lipinski definition) is 1. The zero-order chi connectivity index (χ0) is 15.4. The number of amides is 1. The lowest BCUT2D eigenvalue weighted by molar-refractivity contribution is -0.137. The minimum absolute atomic E-state index is 0.0398. The summed E-state index contributed by atoms with van der Waals surface area (Å²) in [6, 6.07) is 1.15. The fourth-order valence-corrected chi connectivity index (χ4v) is 2.18. The Kier molecular flexibility index (Phi) is 4.79. The van der Waals surface area contributed by atoms with Gasteiger partial charge in [0.25, 0.3) is 5.91 Å². The van der Waals surface area contributed by atoms with E-state index in [0.717, 1.165) is 12.3 Å². The summed E-state index contributed by atoms with van der Waals surface area (Å²) in [6.07, 6.45) is 1.09. The summed E-state index contributed by atoms with van der Waals surface area (Å²) < 4.78 is 26.6. The predicted octanol–water partition coefficient (Wildman–Crippen LogP) is 0.592.